The van der Waals surface area contributed by atoms with Gasteiger partial charge in [0.15, 0.2) is 0 Å². The van der Waals surface area contributed by atoms with E-state index in [1.807, 2.05) is 74.5 Å². The van der Waals surface area contributed by atoms with Gasteiger partial charge in [-0.1, -0.05) is 74.5 Å². The highest BCUT2D eigenvalue weighted by atomic mass is 31.2. The minimum atomic E-state index is -4.02. The molecule has 0 fully saturated rings. The largest absolute Gasteiger partial charge is 0.466 e. The number of carbonyl (C=O) groups excluding carboxylic acids is 2. The van der Waals surface area contributed by atoms with E-state index in [2.05, 4.69) is 5.32 Å². The molecule has 1 amide bonds. The molecule has 0 heterocycles. The molecule has 33 heavy (non-hydrogen) atoms. The summed E-state index contributed by atoms with van der Waals surface area (Å²) in [6.07, 6.45) is -0.516. The third-order valence-corrected chi connectivity index (χ3v) is 7.36. The lowest BCUT2D eigenvalue weighted by atomic mass is 9.99. The van der Waals surface area contributed by atoms with Crippen LogP contribution >= 0.6 is 7.37 Å². The van der Waals surface area contributed by atoms with E-state index in [0.29, 0.717) is 6.42 Å². The van der Waals surface area contributed by atoms with Crippen LogP contribution in [-0.2, 0) is 31.9 Å². The summed E-state index contributed by atoms with van der Waals surface area (Å²) in [6, 6.07) is 18.3. The van der Waals surface area contributed by atoms with Gasteiger partial charge < -0.3 is 19.7 Å². The number of benzene rings is 2. The first-order chi connectivity index (χ1) is 15.7. The molecular formula is C25H34NO6P. The van der Waals surface area contributed by atoms with Crippen molar-refractivity contribution in [1.82, 2.24) is 5.32 Å². The van der Waals surface area contributed by atoms with Gasteiger partial charge in [-0.25, -0.2) is 4.79 Å². The molecule has 0 aliphatic carbocycles. The van der Waals surface area contributed by atoms with E-state index < -0.39 is 31.1 Å². The van der Waals surface area contributed by atoms with Crippen LogP contribution in [0.3, 0.4) is 0 Å². The van der Waals surface area contributed by atoms with Crippen LogP contribution in [0.2, 0.25) is 0 Å². The Morgan fingerprint density at radius 3 is 2.09 bits per heavy atom. The van der Waals surface area contributed by atoms with Crippen LogP contribution in [0, 0.1) is 11.8 Å². The first-order valence-electron chi connectivity index (χ1n) is 11.2. The lowest BCUT2D eigenvalue weighted by Crippen LogP contribution is -2.38. The van der Waals surface area contributed by atoms with Gasteiger partial charge in [0.25, 0.3) is 0 Å². The minimum absolute atomic E-state index is 0.0409. The van der Waals surface area contributed by atoms with Crippen molar-refractivity contribution < 1.29 is 28.5 Å². The second kappa shape index (κ2) is 13.2. The van der Waals surface area contributed by atoms with Gasteiger partial charge in [-0.05, 0) is 30.4 Å². The monoisotopic (exact) mass is 475 g/mol. The predicted molar refractivity (Wildman–Crippen MR) is 128 cm³/mol. The topological polar surface area (TPSA) is 102 Å². The zero-order valence-electron chi connectivity index (χ0n) is 19.5. The molecule has 2 aromatic rings. The third-order valence-electron chi connectivity index (χ3n) is 5.11. The second-order valence-corrected chi connectivity index (χ2v) is 10.9. The van der Waals surface area contributed by atoms with E-state index in [0.717, 1.165) is 11.1 Å². The summed E-state index contributed by atoms with van der Waals surface area (Å²) in [6.45, 7) is 5.82. The van der Waals surface area contributed by atoms with Crippen LogP contribution < -0.4 is 5.32 Å². The van der Waals surface area contributed by atoms with Gasteiger partial charge in [-0.2, -0.15) is 0 Å². The number of carbonyl (C=O) groups is 2. The van der Waals surface area contributed by atoms with Crippen molar-refractivity contribution in [3.63, 3.8) is 0 Å². The van der Waals surface area contributed by atoms with Gasteiger partial charge in [0.2, 0.25) is 7.37 Å². The molecule has 180 valence electrons. The summed E-state index contributed by atoms with van der Waals surface area (Å²) in [5.41, 5.74) is 1.59. The molecule has 0 aromatic heterocycles. The molecule has 0 saturated heterocycles. The highest BCUT2D eigenvalue weighted by molar-refractivity contribution is 7.58. The lowest BCUT2D eigenvalue weighted by Gasteiger charge is -2.27. The number of hydrogen-bond acceptors (Lipinski definition) is 5. The molecule has 2 rings (SSSR count). The van der Waals surface area contributed by atoms with E-state index >= 15 is 0 Å². The Kier molecular flexibility index (Phi) is 10.6. The Labute approximate surface area is 196 Å². The maximum atomic E-state index is 13.5. The molecule has 0 aliphatic heterocycles. The third kappa shape index (κ3) is 9.40. The number of hydrogen-bond donors (Lipinski definition) is 2. The van der Waals surface area contributed by atoms with Crippen LogP contribution in [-0.4, -0.2) is 35.5 Å². The Morgan fingerprint density at radius 1 is 0.970 bits per heavy atom. The fourth-order valence-corrected chi connectivity index (χ4v) is 5.54. The molecule has 7 nitrogen and oxygen atoms in total. The number of ether oxygens (including phenoxy) is 2. The van der Waals surface area contributed by atoms with Gasteiger partial charge in [-0.3, -0.25) is 9.36 Å². The molecule has 0 bridgehead atoms. The molecule has 3 atom stereocenters. The fourth-order valence-electron chi connectivity index (χ4n) is 3.55. The number of rotatable bonds is 12. The maximum absolute atomic E-state index is 13.5. The van der Waals surface area contributed by atoms with E-state index in [4.69, 9.17) is 9.47 Å². The standard InChI is InChI=1S/C25H34NO6P/c1-4-31-24(27)22(15-19(2)3)18-33(29,30)23(16-20-11-7-5-8-12-20)26-25(28)32-17-21-13-9-6-10-14-21/h5-14,19,22-23H,4,15-18H2,1-3H3,(H,26,28)(H,29,30)/t22-,23-/m1/s1. The van der Waals surface area contributed by atoms with Gasteiger partial charge in [-0.15, -0.1) is 0 Å². The Hall–Kier alpha value is -2.63. The number of esters is 1. The summed E-state index contributed by atoms with van der Waals surface area (Å²) in [4.78, 5) is 36.0. The maximum Gasteiger partial charge on any atom is 0.408 e. The van der Waals surface area contributed by atoms with Gasteiger partial charge in [0.05, 0.1) is 12.5 Å². The van der Waals surface area contributed by atoms with Crippen LogP contribution in [0.5, 0.6) is 0 Å². The van der Waals surface area contributed by atoms with E-state index in [9.17, 15) is 19.0 Å². The van der Waals surface area contributed by atoms with Crippen molar-refractivity contribution in [1.29, 1.82) is 0 Å². The Morgan fingerprint density at radius 2 is 1.55 bits per heavy atom. The van der Waals surface area contributed by atoms with Crippen LogP contribution in [0.15, 0.2) is 60.7 Å². The lowest BCUT2D eigenvalue weighted by molar-refractivity contribution is -0.147. The van der Waals surface area contributed by atoms with E-state index in [1.54, 1.807) is 6.92 Å². The van der Waals surface area contributed by atoms with Crippen LogP contribution in [0.4, 0.5) is 4.79 Å². The number of alkyl carbamates (subject to hydrolysis) is 1. The van der Waals surface area contributed by atoms with Gasteiger partial charge in [0.1, 0.15) is 12.4 Å². The first-order valence-corrected chi connectivity index (χ1v) is 13.1. The van der Waals surface area contributed by atoms with Crippen molar-refractivity contribution in [3.8, 4) is 0 Å². The number of amides is 1. The van der Waals surface area contributed by atoms with Gasteiger partial charge >= 0.3 is 12.1 Å². The highest BCUT2D eigenvalue weighted by Gasteiger charge is 2.38. The average Bonchev–Trinajstić information content (AvgIpc) is 2.78. The van der Waals surface area contributed by atoms with Gasteiger partial charge in [0, 0.05) is 12.6 Å². The van der Waals surface area contributed by atoms with Crippen LogP contribution in [0.25, 0.3) is 0 Å². The Bertz CT molecular complexity index is 919. The smallest absolute Gasteiger partial charge is 0.408 e. The quantitative estimate of drug-likeness (QED) is 0.332. The normalized spacial score (nSPS) is 14.7. The second-order valence-electron chi connectivity index (χ2n) is 8.43. The zero-order valence-corrected chi connectivity index (χ0v) is 20.4. The van der Waals surface area contributed by atoms with Crippen molar-refractivity contribution in [3.05, 3.63) is 71.8 Å². The molecule has 1 unspecified atom stereocenters. The summed E-state index contributed by atoms with van der Waals surface area (Å²) < 4.78 is 23.9. The summed E-state index contributed by atoms with van der Waals surface area (Å²) in [5.74, 6) is -2.20. The van der Waals surface area contributed by atoms with Crippen molar-refractivity contribution >= 4 is 19.4 Å². The number of nitrogens with one attached hydrogen (secondary N) is 1. The average molecular weight is 476 g/mol. The molecular weight excluding hydrogens is 441 g/mol. The summed E-state index contributed by atoms with van der Waals surface area (Å²) in [5, 5.41) is 2.58. The zero-order chi connectivity index (χ0) is 24.3. The molecule has 0 spiro atoms. The molecule has 2 N–H and O–H groups in total. The van der Waals surface area contributed by atoms with Crippen molar-refractivity contribution in [2.75, 3.05) is 12.8 Å². The first kappa shape index (κ1) is 26.6. The fraction of sp³-hybridized carbons (Fsp3) is 0.440. The molecule has 0 aliphatic rings. The SMILES string of the molecule is CCOC(=O)[C@H](CC(C)C)CP(=O)(O)[C@H](Cc1ccccc1)NC(=O)OCc1ccccc1. The van der Waals surface area contributed by atoms with E-state index in [-0.39, 0.29) is 31.7 Å². The molecule has 0 radical (unpaired) electrons. The summed E-state index contributed by atoms with van der Waals surface area (Å²) in [7, 11) is -4.02. The predicted octanol–water partition coefficient (Wildman–Crippen LogP) is 4.98. The molecule has 0 saturated carbocycles. The van der Waals surface area contributed by atoms with Crippen molar-refractivity contribution in [2.24, 2.45) is 11.8 Å². The van der Waals surface area contributed by atoms with E-state index in [1.165, 1.54) is 0 Å². The highest BCUT2D eigenvalue weighted by Crippen LogP contribution is 2.49. The molecule has 2 aromatic carbocycles. The Balaban J connectivity index is 2.18. The van der Waals surface area contributed by atoms with Crippen molar-refractivity contribution in [2.45, 2.75) is 46.0 Å². The molecule has 8 heteroatoms. The van der Waals surface area contributed by atoms with Crippen LogP contribution in [0.1, 0.15) is 38.3 Å². The summed E-state index contributed by atoms with van der Waals surface area (Å²) >= 11 is 0. The minimum Gasteiger partial charge on any atom is -0.466 e.